The SMILES string of the molecule is CCCOc1cccc(CNC(C)CC)c1. The number of rotatable bonds is 7. The van der Waals surface area contributed by atoms with Gasteiger partial charge in [0.2, 0.25) is 0 Å². The fourth-order valence-corrected chi connectivity index (χ4v) is 1.40. The summed E-state index contributed by atoms with van der Waals surface area (Å²) in [6.07, 6.45) is 2.21. The van der Waals surface area contributed by atoms with Gasteiger partial charge in [0.25, 0.3) is 0 Å². The van der Waals surface area contributed by atoms with Crippen LogP contribution in [0.25, 0.3) is 0 Å². The summed E-state index contributed by atoms with van der Waals surface area (Å²) < 4.78 is 5.60. The maximum Gasteiger partial charge on any atom is 0.119 e. The zero-order valence-electron chi connectivity index (χ0n) is 10.6. The maximum absolute atomic E-state index is 5.60. The Morgan fingerprint density at radius 3 is 2.81 bits per heavy atom. The van der Waals surface area contributed by atoms with Crippen molar-refractivity contribution in [2.45, 2.75) is 46.2 Å². The molecule has 0 aliphatic rings. The van der Waals surface area contributed by atoms with E-state index in [0.717, 1.165) is 31.7 Å². The van der Waals surface area contributed by atoms with Crippen molar-refractivity contribution in [3.63, 3.8) is 0 Å². The molecule has 0 bridgehead atoms. The molecule has 1 unspecified atom stereocenters. The van der Waals surface area contributed by atoms with Crippen LogP contribution in [0.4, 0.5) is 0 Å². The van der Waals surface area contributed by atoms with E-state index >= 15 is 0 Å². The van der Waals surface area contributed by atoms with Crippen LogP contribution in [-0.4, -0.2) is 12.6 Å². The van der Waals surface area contributed by atoms with Crippen LogP contribution in [-0.2, 0) is 6.54 Å². The van der Waals surface area contributed by atoms with Gasteiger partial charge < -0.3 is 10.1 Å². The Labute approximate surface area is 99.0 Å². The fourth-order valence-electron chi connectivity index (χ4n) is 1.40. The van der Waals surface area contributed by atoms with Gasteiger partial charge in [-0.25, -0.2) is 0 Å². The van der Waals surface area contributed by atoms with Crippen LogP contribution in [0.3, 0.4) is 0 Å². The highest BCUT2D eigenvalue weighted by Crippen LogP contribution is 2.13. The first-order chi connectivity index (χ1) is 7.76. The van der Waals surface area contributed by atoms with Gasteiger partial charge in [0.15, 0.2) is 0 Å². The monoisotopic (exact) mass is 221 g/mol. The second-order valence-corrected chi connectivity index (χ2v) is 4.19. The Morgan fingerprint density at radius 2 is 2.12 bits per heavy atom. The van der Waals surface area contributed by atoms with Crippen LogP contribution < -0.4 is 10.1 Å². The molecule has 16 heavy (non-hydrogen) atoms. The highest BCUT2D eigenvalue weighted by Gasteiger charge is 1.99. The van der Waals surface area contributed by atoms with Crippen molar-refractivity contribution >= 4 is 0 Å². The molecule has 0 aliphatic carbocycles. The second-order valence-electron chi connectivity index (χ2n) is 4.19. The van der Waals surface area contributed by atoms with E-state index < -0.39 is 0 Å². The van der Waals surface area contributed by atoms with Crippen LogP contribution in [0.5, 0.6) is 5.75 Å². The normalized spacial score (nSPS) is 12.4. The van der Waals surface area contributed by atoms with Crippen molar-refractivity contribution < 1.29 is 4.74 Å². The Hall–Kier alpha value is -1.02. The predicted octanol–water partition coefficient (Wildman–Crippen LogP) is 3.36. The molecule has 0 radical (unpaired) electrons. The van der Waals surface area contributed by atoms with E-state index in [0.29, 0.717) is 6.04 Å². The van der Waals surface area contributed by atoms with Crippen molar-refractivity contribution in [1.29, 1.82) is 0 Å². The topological polar surface area (TPSA) is 21.3 Å². The Bertz CT molecular complexity index is 299. The Morgan fingerprint density at radius 1 is 1.31 bits per heavy atom. The molecule has 2 nitrogen and oxygen atoms in total. The van der Waals surface area contributed by atoms with E-state index in [9.17, 15) is 0 Å². The maximum atomic E-state index is 5.60. The number of ether oxygens (including phenoxy) is 1. The molecule has 1 aromatic carbocycles. The zero-order chi connectivity index (χ0) is 11.8. The van der Waals surface area contributed by atoms with Gasteiger partial charge >= 0.3 is 0 Å². The van der Waals surface area contributed by atoms with Crippen LogP contribution in [0, 0.1) is 0 Å². The van der Waals surface area contributed by atoms with E-state index in [1.165, 1.54) is 5.56 Å². The van der Waals surface area contributed by atoms with E-state index in [2.05, 4.69) is 44.3 Å². The summed E-state index contributed by atoms with van der Waals surface area (Å²) in [6, 6.07) is 8.89. The molecule has 0 saturated heterocycles. The highest BCUT2D eigenvalue weighted by molar-refractivity contribution is 5.28. The highest BCUT2D eigenvalue weighted by atomic mass is 16.5. The minimum atomic E-state index is 0.570. The summed E-state index contributed by atoms with van der Waals surface area (Å²) in [4.78, 5) is 0. The van der Waals surface area contributed by atoms with Crippen LogP contribution in [0.15, 0.2) is 24.3 Å². The van der Waals surface area contributed by atoms with Gasteiger partial charge in [0.05, 0.1) is 6.61 Å². The smallest absolute Gasteiger partial charge is 0.119 e. The lowest BCUT2D eigenvalue weighted by Gasteiger charge is -2.12. The van der Waals surface area contributed by atoms with Crippen LogP contribution >= 0.6 is 0 Å². The molecule has 0 heterocycles. The van der Waals surface area contributed by atoms with Crippen LogP contribution in [0.1, 0.15) is 39.2 Å². The average molecular weight is 221 g/mol. The molecule has 1 atom stereocenters. The molecule has 0 aliphatic heterocycles. The molecule has 0 aromatic heterocycles. The quantitative estimate of drug-likeness (QED) is 0.762. The molecular formula is C14H23NO. The number of nitrogens with one attached hydrogen (secondary N) is 1. The van der Waals surface area contributed by atoms with E-state index in [1.807, 2.05) is 6.07 Å². The third-order valence-electron chi connectivity index (χ3n) is 2.64. The summed E-state index contributed by atoms with van der Waals surface area (Å²) in [5, 5.41) is 3.48. The summed E-state index contributed by atoms with van der Waals surface area (Å²) in [6.45, 7) is 8.23. The third kappa shape index (κ3) is 4.67. The fraction of sp³-hybridized carbons (Fsp3) is 0.571. The van der Waals surface area contributed by atoms with Crippen molar-refractivity contribution in [1.82, 2.24) is 5.32 Å². The lowest BCUT2D eigenvalue weighted by Crippen LogP contribution is -2.24. The average Bonchev–Trinajstić information content (AvgIpc) is 2.34. The molecule has 1 N–H and O–H groups in total. The molecular weight excluding hydrogens is 198 g/mol. The lowest BCUT2D eigenvalue weighted by atomic mass is 10.2. The standard InChI is InChI=1S/C14H23NO/c1-4-9-16-14-8-6-7-13(10-14)11-15-12(3)5-2/h6-8,10,12,15H,4-5,9,11H2,1-3H3. The molecule has 0 spiro atoms. The first-order valence-corrected chi connectivity index (χ1v) is 6.21. The van der Waals surface area contributed by atoms with Crippen molar-refractivity contribution in [2.75, 3.05) is 6.61 Å². The van der Waals surface area contributed by atoms with Gasteiger partial charge in [-0.2, -0.15) is 0 Å². The van der Waals surface area contributed by atoms with E-state index in [4.69, 9.17) is 4.74 Å². The summed E-state index contributed by atoms with van der Waals surface area (Å²) in [5.74, 6) is 0.977. The third-order valence-corrected chi connectivity index (χ3v) is 2.64. The van der Waals surface area contributed by atoms with Crippen molar-refractivity contribution in [3.8, 4) is 5.75 Å². The molecule has 0 fully saturated rings. The lowest BCUT2D eigenvalue weighted by molar-refractivity contribution is 0.317. The first-order valence-electron chi connectivity index (χ1n) is 6.21. The van der Waals surface area contributed by atoms with Crippen molar-refractivity contribution in [3.05, 3.63) is 29.8 Å². The second kappa shape index (κ2) is 7.29. The zero-order valence-corrected chi connectivity index (χ0v) is 10.6. The number of benzene rings is 1. The summed E-state index contributed by atoms with van der Waals surface area (Å²) >= 11 is 0. The predicted molar refractivity (Wildman–Crippen MR) is 68.8 cm³/mol. The largest absolute Gasteiger partial charge is 0.494 e. The summed E-state index contributed by atoms with van der Waals surface area (Å²) in [7, 11) is 0. The minimum absolute atomic E-state index is 0.570. The Kier molecular flexibility index (Phi) is 5.94. The van der Waals surface area contributed by atoms with Gasteiger partial charge in [0, 0.05) is 12.6 Å². The van der Waals surface area contributed by atoms with Gasteiger partial charge in [-0.05, 0) is 37.5 Å². The van der Waals surface area contributed by atoms with Gasteiger partial charge in [0.1, 0.15) is 5.75 Å². The molecule has 1 rings (SSSR count). The number of hydrogen-bond acceptors (Lipinski definition) is 2. The summed E-state index contributed by atoms with van der Waals surface area (Å²) in [5.41, 5.74) is 1.29. The first kappa shape index (κ1) is 13.0. The number of hydrogen-bond donors (Lipinski definition) is 1. The van der Waals surface area contributed by atoms with Gasteiger partial charge in [-0.15, -0.1) is 0 Å². The minimum Gasteiger partial charge on any atom is -0.494 e. The van der Waals surface area contributed by atoms with E-state index in [-0.39, 0.29) is 0 Å². The van der Waals surface area contributed by atoms with Gasteiger partial charge in [-0.1, -0.05) is 26.0 Å². The Balaban J connectivity index is 2.46. The molecule has 0 saturated carbocycles. The molecule has 90 valence electrons. The van der Waals surface area contributed by atoms with Gasteiger partial charge in [-0.3, -0.25) is 0 Å². The molecule has 0 amide bonds. The van der Waals surface area contributed by atoms with E-state index in [1.54, 1.807) is 0 Å². The molecule has 2 heteroatoms. The molecule has 1 aromatic rings. The van der Waals surface area contributed by atoms with Crippen molar-refractivity contribution in [2.24, 2.45) is 0 Å². The van der Waals surface area contributed by atoms with Crippen LogP contribution in [0.2, 0.25) is 0 Å².